The van der Waals surface area contributed by atoms with Gasteiger partial charge < -0.3 is 10.6 Å². The third-order valence-corrected chi connectivity index (χ3v) is 3.44. The molecule has 112 valence electrons. The molecular weight excluding hydrogens is 288 g/mol. The number of nitrogens with zero attached hydrogens (tertiary/aromatic N) is 3. The van der Waals surface area contributed by atoms with Gasteiger partial charge in [-0.1, -0.05) is 31.0 Å². The lowest BCUT2D eigenvalue weighted by Crippen LogP contribution is -2.28. The number of hydrogen-bond acceptors (Lipinski definition) is 3. The second-order valence-corrected chi connectivity index (χ2v) is 5.36. The normalized spacial score (nSPS) is 10.6. The predicted molar refractivity (Wildman–Crippen MR) is 84.9 cm³/mol. The molecule has 0 aliphatic carbocycles. The Hall–Kier alpha value is -2.01. The van der Waals surface area contributed by atoms with Gasteiger partial charge in [-0.25, -0.2) is 4.68 Å². The highest BCUT2D eigenvalue weighted by Crippen LogP contribution is 2.19. The van der Waals surface area contributed by atoms with Crippen molar-refractivity contribution in [1.82, 2.24) is 14.7 Å². The molecule has 2 aromatic rings. The van der Waals surface area contributed by atoms with E-state index < -0.39 is 0 Å². The number of carbonyl (C=O) groups is 1. The fourth-order valence-electron chi connectivity index (χ4n) is 2.01. The molecular formula is C15H19ClN4O. The number of carbonyl (C=O) groups excluding carboxylic acids is 1. The molecule has 5 nitrogen and oxygen atoms in total. The van der Waals surface area contributed by atoms with Gasteiger partial charge in [-0.3, -0.25) is 4.79 Å². The van der Waals surface area contributed by atoms with E-state index in [9.17, 15) is 4.79 Å². The molecule has 21 heavy (non-hydrogen) atoms. The van der Waals surface area contributed by atoms with Crippen LogP contribution in [0.2, 0.25) is 5.02 Å². The Morgan fingerprint density at radius 2 is 2.19 bits per heavy atom. The molecule has 0 saturated heterocycles. The van der Waals surface area contributed by atoms with E-state index in [1.807, 2.05) is 12.1 Å². The van der Waals surface area contributed by atoms with E-state index in [-0.39, 0.29) is 5.91 Å². The number of hydrogen-bond donors (Lipinski definition) is 1. The molecule has 0 bridgehead atoms. The van der Waals surface area contributed by atoms with Gasteiger partial charge in [0.1, 0.15) is 5.82 Å². The van der Waals surface area contributed by atoms with Gasteiger partial charge in [-0.05, 0) is 24.6 Å². The van der Waals surface area contributed by atoms with Crippen LogP contribution in [0.3, 0.4) is 0 Å². The fraction of sp³-hybridized carbons (Fsp3) is 0.333. The summed E-state index contributed by atoms with van der Waals surface area (Å²) in [5.74, 6) is 0.278. The molecule has 6 heteroatoms. The first kappa shape index (κ1) is 15.4. The second kappa shape index (κ2) is 6.63. The summed E-state index contributed by atoms with van der Waals surface area (Å²) in [5, 5.41) is 4.88. The maximum atomic E-state index is 12.3. The van der Waals surface area contributed by atoms with Crippen molar-refractivity contribution in [2.24, 2.45) is 0 Å². The first-order valence-electron chi connectivity index (χ1n) is 6.90. The molecule has 0 radical (unpaired) electrons. The van der Waals surface area contributed by atoms with E-state index >= 15 is 0 Å². The molecule has 1 aromatic carbocycles. The molecule has 0 aliphatic rings. The Kier molecular flexibility index (Phi) is 4.85. The van der Waals surface area contributed by atoms with Gasteiger partial charge in [-0.2, -0.15) is 5.10 Å². The zero-order chi connectivity index (χ0) is 15.4. The minimum absolute atomic E-state index is 0.129. The average Bonchev–Trinajstić information content (AvgIpc) is 2.86. The SMILES string of the molecule is CCCCN(C)C(=O)c1cc(N)n(-c2cccc(Cl)c2)n1. The molecule has 0 spiro atoms. The Morgan fingerprint density at radius 1 is 1.43 bits per heavy atom. The van der Waals surface area contributed by atoms with Crippen LogP contribution in [0.1, 0.15) is 30.3 Å². The molecule has 0 fully saturated rings. The molecule has 1 heterocycles. The zero-order valence-electron chi connectivity index (χ0n) is 12.2. The van der Waals surface area contributed by atoms with Gasteiger partial charge in [0.15, 0.2) is 5.69 Å². The van der Waals surface area contributed by atoms with Crippen LogP contribution in [0.4, 0.5) is 5.82 Å². The van der Waals surface area contributed by atoms with Crippen molar-refractivity contribution in [3.05, 3.63) is 41.0 Å². The summed E-state index contributed by atoms with van der Waals surface area (Å²) in [6.07, 6.45) is 2.00. The standard InChI is InChI=1S/C15H19ClN4O/c1-3-4-8-19(2)15(21)13-10-14(17)20(18-13)12-7-5-6-11(16)9-12/h5-7,9-10H,3-4,8,17H2,1-2H3. The maximum absolute atomic E-state index is 12.3. The largest absolute Gasteiger partial charge is 0.384 e. The Bertz CT molecular complexity index is 638. The summed E-state index contributed by atoms with van der Waals surface area (Å²) in [4.78, 5) is 13.9. The van der Waals surface area contributed by atoms with Crippen LogP contribution in [0.15, 0.2) is 30.3 Å². The lowest BCUT2D eigenvalue weighted by Gasteiger charge is -2.14. The van der Waals surface area contributed by atoms with Crippen LogP contribution in [0.5, 0.6) is 0 Å². The van der Waals surface area contributed by atoms with E-state index in [0.29, 0.717) is 23.1 Å². The van der Waals surface area contributed by atoms with E-state index in [0.717, 1.165) is 18.5 Å². The van der Waals surface area contributed by atoms with Crippen molar-refractivity contribution in [3.63, 3.8) is 0 Å². The smallest absolute Gasteiger partial charge is 0.274 e. The van der Waals surface area contributed by atoms with Crippen molar-refractivity contribution in [3.8, 4) is 5.69 Å². The number of anilines is 1. The Balaban J connectivity index is 2.25. The molecule has 2 N–H and O–H groups in total. The fourth-order valence-corrected chi connectivity index (χ4v) is 2.19. The van der Waals surface area contributed by atoms with Crippen LogP contribution in [0, 0.1) is 0 Å². The first-order chi connectivity index (χ1) is 10.0. The molecule has 0 saturated carbocycles. The topological polar surface area (TPSA) is 64.2 Å². The molecule has 0 atom stereocenters. The summed E-state index contributed by atoms with van der Waals surface area (Å²) in [7, 11) is 1.77. The van der Waals surface area contributed by atoms with Crippen LogP contribution < -0.4 is 5.73 Å². The number of unbranched alkanes of at least 4 members (excludes halogenated alkanes) is 1. The van der Waals surface area contributed by atoms with Gasteiger partial charge in [0.25, 0.3) is 5.91 Å². The monoisotopic (exact) mass is 306 g/mol. The van der Waals surface area contributed by atoms with Gasteiger partial charge in [-0.15, -0.1) is 0 Å². The highest BCUT2D eigenvalue weighted by atomic mass is 35.5. The van der Waals surface area contributed by atoms with Gasteiger partial charge in [0.2, 0.25) is 0 Å². The quantitative estimate of drug-likeness (QED) is 0.923. The minimum atomic E-state index is -0.129. The number of halogens is 1. The number of benzene rings is 1. The molecule has 1 aromatic heterocycles. The van der Waals surface area contributed by atoms with Crippen LogP contribution in [0.25, 0.3) is 5.69 Å². The van der Waals surface area contributed by atoms with E-state index in [1.165, 1.54) is 4.68 Å². The van der Waals surface area contributed by atoms with Gasteiger partial charge in [0, 0.05) is 24.7 Å². The number of nitrogen functional groups attached to an aromatic ring is 1. The van der Waals surface area contributed by atoms with Crippen LogP contribution >= 0.6 is 11.6 Å². The predicted octanol–water partition coefficient (Wildman–Crippen LogP) is 2.98. The van der Waals surface area contributed by atoms with Gasteiger partial charge in [0.05, 0.1) is 5.69 Å². The third-order valence-electron chi connectivity index (χ3n) is 3.20. The van der Waals surface area contributed by atoms with Crippen molar-refractivity contribution in [1.29, 1.82) is 0 Å². The van der Waals surface area contributed by atoms with Crippen LogP contribution in [-0.2, 0) is 0 Å². The van der Waals surface area contributed by atoms with Crippen molar-refractivity contribution < 1.29 is 4.79 Å². The van der Waals surface area contributed by atoms with Crippen molar-refractivity contribution in [2.75, 3.05) is 19.3 Å². The minimum Gasteiger partial charge on any atom is -0.384 e. The summed E-state index contributed by atoms with van der Waals surface area (Å²) < 4.78 is 1.52. The maximum Gasteiger partial charge on any atom is 0.274 e. The highest BCUT2D eigenvalue weighted by Gasteiger charge is 2.17. The highest BCUT2D eigenvalue weighted by molar-refractivity contribution is 6.30. The number of nitrogens with two attached hydrogens (primary N) is 1. The second-order valence-electron chi connectivity index (χ2n) is 4.93. The van der Waals surface area contributed by atoms with Crippen LogP contribution in [-0.4, -0.2) is 34.2 Å². The first-order valence-corrected chi connectivity index (χ1v) is 7.27. The van der Waals surface area contributed by atoms with E-state index in [4.69, 9.17) is 17.3 Å². The van der Waals surface area contributed by atoms with Crippen molar-refractivity contribution in [2.45, 2.75) is 19.8 Å². The number of rotatable bonds is 5. The van der Waals surface area contributed by atoms with Crippen molar-refractivity contribution >= 4 is 23.3 Å². The molecule has 0 aliphatic heterocycles. The summed E-state index contributed by atoms with van der Waals surface area (Å²) in [6.45, 7) is 2.80. The van der Waals surface area contributed by atoms with E-state index in [1.54, 1.807) is 30.1 Å². The number of amides is 1. The zero-order valence-corrected chi connectivity index (χ0v) is 13.0. The lowest BCUT2D eigenvalue weighted by molar-refractivity contribution is 0.0787. The lowest BCUT2D eigenvalue weighted by atomic mass is 10.3. The third kappa shape index (κ3) is 3.55. The Labute approximate surface area is 129 Å². The summed E-state index contributed by atoms with van der Waals surface area (Å²) >= 11 is 5.97. The molecule has 0 unspecified atom stereocenters. The number of aromatic nitrogens is 2. The summed E-state index contributed by atoms with van der Waals surface area (Å²) in [6, 6.07) is 8.76. The van der Waals surface area contributed by atoms with Gasteiger partial charge >= 0.3 is 0 Å². The summed E-state index contributed by atoms with van der Waals surface area (Å²) in [5.41, 5.74) is 7.02. The molecule has 1 amide bonds. The molecule has 2 rings (SSSR count). The Morgan fingerprint density at radius 3 is 2.86 bits per heavy atom. The van der Waals surface area contributed by atoms with E-state index in [2.05, 4.69) is 12.0 Å². The average molecular weight is 307 g/mol.